The smallest absolute Gasteiger partial charge is 0.390 e. The first kappa shape index (κ1) is 13.3. The van der Waals surface area contributed by atoms with E-state index in [1.54, 1.807) is 12.1 Å². The van der Waals surface area contributed by atoms with Crippen LogP contribution in [0.3, 0.4) is 0 Å². The van der Waals surface area contributed by atoms with Crippen LogP contribution in [0.25, 0.3) is 0 Å². The molecule has 0 aliphatic rings. The zero-order valence-corrected chi connectivity index (χ0v) is 10.1. The summed E-state index contributed by atoms with van der Waals surface area (Å²) < 4.78 is 23.3. The maximum atomic E-state index is 10.3. The van der Waals surface area contributed by atoms with Crippen LogP contribution in [-0.4, -0.2) is 32.0 Å². The summed E-state index contributed by atoms with van der Waals surface area (Å²) in [5.74, 6) is 0.241. The van der Waals surface area contributed by atoms with Gasteiger partial charge in [-0.2, -0.15) is 4.21 Å². The summed E-state index contributed by atoms with van der Waals surface area (Å²) in [6, 6.07) is 6.11. The lowest BCUT2D eigenvalue weighted by molar-refractivity contribution is 0.228. The van der Waals surface area contributed by atoms with E-state index in [1.807, 2.05) is 0 Å². The normalized spacial score (nSPS) is 13.5. The van der Waals surface area contributed by atoms with Crippen molar-refractivity contribution < 1.29 is 27.3 Å². The molecule has 90 valence electrons. The van der Waals surface area contributed by atoms with Gasteiger partial charge < -0.3 is 18.6 Å². The van der Waals surface area contributed by atoms with E-state index in [9.17, 15) is 4.21 Å². The minimum Gasteiger partial charge on any atom is -0.390 e. The first-order valence-corrected chi connectivity index (χ1v) is 7.50. The molecule has 0 radical (unpaired) electrons. The van der Waals surface area contributed by atoms with Gasteiger partial charge in [0, 0.05) is 6.04 Å². The molecule has 0 saturated heterocycles. The molecule has 0 heterocycles. The van der Waals surface area contributed by atoms with E-state index in [0.717, 1.165) is 5.56 Å². The van der Waals surface area contributed by atoms with Crippen LogP contribution < -0.4 is 4.18 Å². The number of rotatable bonds is 5. The Labute approximate surface area is 96.0 Å². The van der Waals surface area contributed by atoms with Crippen LogP contribution >= 0.6 is 0 Å². The number of aryl methyl sites for hydroxylation is 1. The molecule has 0 spiro atoms. The second-order valence-corrected chi connectivity index (χ2v) is 5.87. The van der Waals surface area contributed by atoms with Gasteiger partial charge in [0.25, 0.3) is 0 Å². The summed E-state index contributed by atoms with van der Waals surface area (Å²) in [4.78, 5) is 26.4. The van der Waals surface area contributed by atoms with Gasteiger partial charge in [-0.3, -0.25) is 4.55 Å². The predicted molar refractivity (Wildman–Crippen MR) is 58.8 cm³/mol. The second kappa shape index (κ2) is 5.52. The molecular formula is C8H12O6SSi. The van der Waals surface area contributed by atoms with Crippen LogP contribution in [0.15, 0.2) is 24.3 Å². The fourth-order valence-electron chi connectivity index (χ4n) is 1.11. The molecule has 1 atom stereocenters. The van der Waals surface area contributed by atoms with Gasteiger partial charge in [-0.25, -0.2) is 0 Å². The van der Waals surface area contributed by atoms with E-state index in [2.05, 4.69) is 4.18 Å². The average molecular weight is 264 g/mol. The third kappa shape index (κ3) is 5.35. The molecule has 16 heavy (non-hydrogen) atoms. The standard InChI is InChI=1S/C8H12O6SSi/c9-15(10)14-8-3-1-7(2-4-8)5-6-16(11,12)13/h1-4,11-13H,5-6H2,(H,9,10). The summed E-state index contributed by atoms with van der Waals surface area (Å²) in [7, 11) is -4.00. The first-order valence-electron chi connectivity index (χ1n) is 4.42. The Morgan fingerprint density at radius 3 is 2.19 bits per heavy atom. The van der Waals surface area contributed by atoms with Gasteiger partial charge >= 0.3 is 20.2 Å². The second-order valence-electron chi connectivity index (χ2n) is 3.22. The van der Waals surface area contributed by atoms with Crippen molar-refractivity contribution in [1.82, 2.24) is 0 Å². The fourth-order valence-corrected chi connectivity index (χ4v) is 2.01. The van der Waals surface area contributed by atoms with E-state index < -0.39 is 20.2 Å². The molecule has 0 bridgehead atoms. The molecule has 0 aliphatic heterocycles. The zero-order chi connectivity index (χ0) is 12.2. The van der Waals surface area contributed by atoms with Crippen LogP contribution in [0.4, 0.5) is 0 Å². The van der Waals surface area contributed by atoms with Crippen molar-refractivity contribution in [3.8, 4) is 5.75 Å². The first-order chi connectivity index (χ1) is 7.37. The Bertz CT molecular complexity index is 360. The summed E-state index contributed by atoms with van der Waals surface area (Å²) in [6.45, 7) is 0. The van der Waals surface area contributed by atoms with Gasteiger partial charge in [0.1, 0.15) is 5.75 Å². The van der Waals surface area contributed by atoms with E-state index in [0.29, 0.717) is 6.42 Å². The summed E-state index contributed by atoms with van der Waals surface area (Å²) in [6.07, 6.45) is 0.318. The van der Waals surface area contributed by atoms with Crippen molar-refractivity contribution in [2.24, 2.45) is 0 Å². The maximum absolute atomic E-state index is 10.3. The molecule has 8 heteroatoms. The van der Waals surface area contributed by atoms with Crippen molar-refractivity contribution in [3.05, 3.63) is 29.8 Å². The number of hydrogen-bond donors (Lipinski definition) is 4. The van der Waals surface area contributed by atoms with Crippen molar-refractivity contribution in [2.45, 2.75) is 12.5 Å². The molecule has 0 aliphatic carbocycles. The zero-order valence-electron chi connectivity index (χ0n) is 8.24. The van der Waals surface area contributed by atoms with Gasteiger partial charge in [0.15, 0.2) is 0 Å². The Kier molecular flexibility index (Phi) is 4.59. The molecule has 0 fully saturated rings. The highest BCUT2D eigenvalue weighted by Crippen LogP contribution is 2.15. The molecule has 1 rings (SSSR count). The Hall–Kier alpha value is -0.773. The van der Waals surface area contributed by atoms with Gasteiger partial charge in [-0.05, 0) is 24.1 Å². The van der Waals surface area contributed by atoms with E-state index in [4.69, 9.17) is 18.9 Å². The monoisotopic (exact) mass is 264 g/mol. The largest absolute Gasteiger partial charge is 0.493 e. The quantitative estimate of drug-likeness (QED) is 0.428. The highest BCUT2D eigenvalue weighted by atomic mass is 32.2. The van der Waals surface area contributed by atoms with Crippen LogP contribution in [0.1, 0.15) is 5.56 Å². The van der Waals surface area contributed by atoms with Crippen molar-refractivity contribution in [3.63, 3.8) is 0 Å². The van der Waals surface area contributed by atoms with Crippen molar-refractivity contribution >= 4 is 20.2 Å². The summed E-state index contributed by atoms with van der Waals surface area (Å²) in [5.41, 5.74) is 0.769. The van der Waals surface area contributed by atoms with Crippen LogP contribution in [0.2, 0.25) is 6.04 Å². The third-order valence-corrected chi connectivity index (χ3v) is 3.10. The predicted octanol–water partition coefficient (Wildman–Crippen LogP) is -0.340. The third-order valence-electron chi connectivity index (χ3n) is 1.84. The lowest BCUT2D eigenvalue weighted by Gasteiger charge is -2.09. The molecule has 4 N–H and O–H groups in total. The van der Waals surface area contributed by atoms with E-state index in [-0.39, 0.29) is 11.8 Å². The average Bonchev–Trinajstić information content (AvgIpc) is 2.14. The molecule has 0 aromatic heterocycles. The van der Waals surface area contributed by atoms with E-state index >= 15 is 0 Å². The Balaban J connectivity index is 2.55. The van der Waals surface area contributed by atoms with Gasteiger partial charge in [0.05, 0.1) is 0 Å². The lowest BCUT2D eigenvalue weighted by atomic mass is 10.2. The molecule has 0 amide bonds. The summed E-state index contributed by atoms with van der Waals surface area (Å²) in [5, 5.41) is 0. The lowest BCUT2D eigenvalue weighted by Crippen LogP contribution is -2.34. The summed E-state index contributed by atoms with van der Waals surface area (Å²) >= 11 is -2.35. The van der Waals surface area contributed by atoms with Gasteiger partial charge in [-0.1, -0.05) is 12.1 Å². The maximum Gasteiger partial charge on any atom is 0.493 e. The number of hydrogen-bond acceptors (Lipinski definition) is 5. The molecule has 1 unspecified atom stereocenters. The minimum atomic E-state index is -4.00. The van der Waals surface area contributed by atoms with Crippen LogP contribution in [-0.2, 0) is 17.8 Å². The van der Waals surface area contributed by atoms with Crippen LogP contribution in [0.5, 0.6) is 5.75 Å². The Morgan fingerprint density at radius 2 is 1.75 bits per heavy atom. The Morgan fingerprint density at radius 1 is 1.19 bits per heavy atom. The van der Waals surface area contributed by atoms with Gasteiger partial charge in [-0.15, -0.1) is 0 Å². The fraction of sp³-hybridized carbons (Fsp3) is 0.250. The SMILES string of the molecule is O=S(O)Oc1ccc(CC[Si](O)(O)O)cc1. The van der Waals surface area contributed by atoms with Crippen LogP contribution in [0, 0.1) is 0 Å². The molecule has 1 aromatic carbocycles. The molecule has 1 aromatic rings. The molecule has 0 saturated carbocycles. The minimum absolute atomic E-state index is 0.0842. The topological polar surface area (TPSA) is 107 Å². The van der Waals surface area contributed by atoms with Crippen molar-refractivity contribution in [1.29, 1.82) is 0 Å². The van der Waals surface area contributed by atoms with E-state index in [1.165, 1.54) is 12.1 Å². The van der Waals surface area contributed by atoms with Crippen molar-refractivity contribution in [2.75, 3.05) is 0 Å². The number of benzene rings is 1. The highest BCUT2D eigenvalue weighted by Gasteiger charge is 2.25. The molecule has 6 nitrogen and oxygen atoms in total. The van der Waals surface area contributed by atoms with Gasteiger partial charge in [0.2, 0.25) is 0 Å². The highest BCUT2D eigenvalue weighted by molar-refractivity contribution is 7.74. The molecular weight excluding hydrogens is 252 g/mol.